The maximum atomic E-state index is 5.17. The van der Waals surface area contributed by atoms with Gasteiger partial charge >= 0.3 is 6.01 Å². The molecule has 0 saturated heterocycles. The molecule has 11 heavy (non-hydrogen) atoms. The van der Waals surface area contributed by atoms with Gasteiger partial charge < -0.3 is 9.26 Å². The van der Waals surface area contributed by atoms with E-state index in [4.69, 9.17) is 9.26 Å². The van der Waals surface area contributed by atoms with Gasteiger partial charge in [0.25, 0.3) is 3.90 Å². The molecule has 0 radical (unpaired) electrons. The van der Waals surface area contributed by atoms with E-state index in [2.05, 4.69) is 24.0 Å². The van der Waals surface area contributed by atoms with Crippen molar-refractivity contribution in [2.24, 2.45) is 5.92 Å². The molecular formula is C6H9IN2O2. The van der Waals surface area contributed by atoms with Crippen molar-refractivity contribution < 1.29 is 9.26 Å². The Morgan fingerprint density at radius 1 is 1.64 bits per heavy atom. The van der Waals surface area contributed by atoms with Crippen molar-refractivity contribution in [3.8, 4) is 6.01 Å². The summed E-state index contributed by atoms with van der Waals surface area (Å²) in [5.41, 5.74) is 0. The molecule has 1 heterocycles. The average molecular weight is 268 g/mol. The van der Waals surface area contributed by atoms with Crippen molar-refractivity contribution in [1.82, 2.24) is 10.1 Å². The summed E-state index contributed by atoms with van der Waals surface area (Å²) in [6.45, 7) is 4.74. The molecule has 0 spiro atoms. The Bertz CT molecular complexity index is 224. The summed E-state index contributed by atoms with van der Waals surface area (Å²) in [7, 11) is 0. The van der Waals surface area contributed by atoms with Crippen LogP contribution in [0.15, 0.2) is 4.52 Å². The fourth-order valence-corrected chi connectivity index (χ4v) is 0.797. The van der Waals surface area contributed by atoms with E-state index in [9.17, 15) is 0 Å². The van der Waals surface area contributed by atoms with Crippen LogP contribution in [-0.2, 0) is 0 Å². The van der Waals surface area contributed by atoms with Crippen molar-refractivity contribution >= 4 is 22.6 Å². The van der Waals surface area contributed by atoms with Crippen LogP contribution in [0.2, 0.25) is 0 Å². The monoisotopic (exact) mass is 268 g/mol. The molecule has 1 rings (SSSR count). The van der Waals surface area contributed by atoms with Crippen molar-refractivity contribution in [3.63, 3.8) is 0 Å². The second-order valence-electron chi connectivity index (χ2n) is 2.53. The van der Waals surface area contributed by atoms with Crippen LogP contribution >= 0.6 is 22.6 Å². The Balaban J connectivity index is 2.39. The number of halogens is 1. The van der Waals surface area contributed by atoms with E-state index in [1.165, 1.54) is 0 Å². The first-order valence-corrected chi connectivity index (χ1v) is 4.38. The summed E-state index contributed by atoms with van der Waals surface area (Å²) in [6.07, 6.45) is 0. The first kappa shape index (κ1) is 8.76. The van der Waals surface area contributed by atoms with Crippen LogP contribution < -0.4 is 4.74 Å². The largest absolute Gasteiger partial charge is 0.461 e. The van der Waals surface area contributed by atoms with Crippen LogP contribution in [0.3, 0.4) is 0 Å². The summed E-state index contributed by atoms with van der Waals surface area (Å²) in [6, 6.07) is 0.322. The van der Waals surface area contributed by atoms with Crippen LogP contribution in [0.25, 0.3) is 0 Å². The minimum atomic E-state index is 0.322. The van der Waals surface area contributed by atoms with E-state index < -0.39 is 0 Å². The average Bonchev–Trinajstić information content (AvgIpc) is 2.31. The Hall–Kier alpha value is -0.330. The van der Waals surface area contributed by atoms with E-state index in [-0.39, 0.29) is 0 Å². The van der Waals surface area contributed by atoms with Gasteiger partial charge in [0.2, 0.25) is 0 Å². The van der Waals surface area contributed by atoms with Crippen molar-refractivity contribution in [3.05, 3.63) is 3.90 Å². The second kappa shape index (κ2) is 3.89. The molecule has 0 bridgehead atoms. The van der Waals surface area contributed by atoms with E-state index in [0.717, 1.165) is 0 Å². The molecule has 62 valence electrons. The molecule has 5 heteroatoms. The Morgan fingerprint density at radius 2 is 2.36 bits per heavy atom. The smallest absolute Gasteiger partial charge is 0.354 e. The number of nitrogens with zero attached hydrogens (tertiary/aromatic N) is 2. The van der Waals surface area contributed by atoms with Crippen LogP contribution in [0.1, 0.15) is 13.8 Å². The standard InChI is InChI=1S/C6H9IN2O2/c1-4(2)3-10-6-8-5(7)11-9-6/h4H,3H2,1-2H3. The lowest BCUT2D eigenvalue weighted by Crippen LogP contribution is -2.05. The molecule has 0 fully saturated rings. The summed E-state index contributed by atoms with van der Waals surface area (Å²) >= 11 is 1.94. The minimum Gasteiger partial charge on any atom is -0.461 e. The van der Waals surface area contributed by atoms with Gasteiger partial charge in [-0.2, -0.15) is 0 Å². The van der Waals surface area contributed by atoms with Gasteiger partial charge in [-0.1, -0.05) is 13.8 Å². The zero-order chi connectivity index (χ0) is 8.27. The second-order valence-corrected chi connectivity index (χ2v) is 3.46. The van der Waals surface area contributed by atoms with Gasteiger partial charge in [-0.25, -0.2) is 0 Å². The number of ether oxygens (including phenoxy) is 1. The fourth-order valence-electron chi connectivity index (χ4n) is 0.493. The maximum absolute atomic E-state index is 5.17. The first-order valence-electron chi connectivity index (χ1n) is 3.30. The van der Waals surface area contributed by atoms with Crippen molar-refractivity contribution in [1.29, 1.82) is 0 Å². The minimum absolute atomic E-state index is 0.322. The molecule has 0 saturated carbocycles. The Kier molecular flexibility index (Phi) is 3.10. The summed E-state index contributed by atoms with van der Waals surface area (Å²) in [5, 5.41) is 3.57. The van der Waals surface area contributed by atoms with E-state index in [0.29, 0.717) is 22.4 Å². The summed E-state index contributed by atoms with van der Waals surface area (Å²) in [5.74, 6) is 0.478. The van der Waals surface area contributed by atoms with Crippen molar-refractivity contribution in [2.75, 3.05) is 6.61 Å². The van der Waals surface area contributed by atoms with Crippen LogP contribution in [0.4, 0.5) is 0 Å². The molecule has 0 aliphatic heterocycles. The van der Waals surface area contributed by atoms with Crippen LogP contribution in [-0.4, -0.2) is 16.7 Å². The zero-order valence-electron chi connectivity index (χ0n) is 6.37. The Morgan fingerprint density at radius 3 is 2.82 bits per heavy atom. The zero-order valence-corrected chi connectivity index (χ0v) is 8.53. The fraction of sp³-hybridized carbons (Fsp3) is 0.667. The molecule has 0 aliphatic carbocycles. The molecule has 0 unspecified atom stereocenters. The van der Waals surface area contributed by atoms with Crippen molar-refractivity contribution in [2.45, 2.75) is 13.8 Å². The Labute approximate surface area is 78.5 Å². The lowest BCUT2D eigenvalue weighted by Gasteiger charge is -2.01. The lowest BCUT2D eigenvalue weighted by atomic mass is 10.2. The molecule has 0 N–H and O–H groups in total. The number of hydrogen-bond acceptors (Lipinski definition) is 4. The van der Waals surface area contributed by atoms with Gasteiger partial charge in [-0.05, 0) is 11.1 Å². The third kappa shape index (κ3) is 3.04. The predicted octanol–water partition coefficient (Wildman–Crippen LogP) is 1.71. The van der Waals surface area contributed by atoms with Gasteiger partial charge in [0.15, 0.2) is 0 Å². The van der Waals surface area contributed by atoms with Gasteiger partial charge in [-0.3, -0.25) is 0 Å². The highest BCUT2D eigenvalue weighted by molar-refractivity contribution is 14.1. The molecule has 1 aromatic rings. The molecule has 0 amide bonds. The molecule has 0 aromatic carbocycles. The first-order chi connectivity index (χ1) is 5.18. The lowest BCUT2D eigenvalue weighted by molar-refractivity contribution is 0.238. The topological polar surface area (TPSA) is 48.2 Å². The predicted molar refractivity (Wildman–Crippen MR) is 47.3 cm³/mol. The van der Waals surface area contributed by atoms with E-state index >= 15 is 0 Å². The maximum Gasteiger partial charge on any atom is 0.354 e. The highest BCUT2D eigenvalue weighted by Gasteiger charge is 2.03. The third-order valence-electron chi connectivity index (χ3n) is 0.928. The van der Waals surface area contributed by atoms with E-state index in [1.54, 1.807) is 0 Å². The summed E-state index contributed by atoms with van der Waals surface area (Å²) < 4.78 is 10.4. The van der Waals surface area contributed by atoms with Gasteiger partial charge in [0.05, 0.1) is 6.61 Å². The van der Waals surface area contributed by atoms with Gasteiger partial charge in [0.1, 0.15) is 0 Å². The molecular weight excluding hydrogens is 259 g/mol. The quantitative estimate of drug-likeness (QED) is 0.783. The highest BCUT2D eigenvalue weighted by atomic mass is 127. The number of aromatic nitrogens is 2. The van der Waals surface area contributed by atoms with Gasteiger partial charge in [-0.15, -0.1) is 4.98 Å². The SMILES string of the molecule is CC(C)COc1noc(I)n1. The molecule has 0 atom stereocenters. The van der Waals surface area contributed by atoms with Gasteiger partial charge in [0, 0.05) is 22.6 Å². The molecule has 0 aliphatic rings. The third-order valence-corrected chi connectivity index (χ3v) is 1.37. The van der Waals surface area contributed by atoms with Crippen LogP contribution in [0, 0.1) is 9.82 Å². The highest BCUT2D eigenvalue weighted by Crippen LogP contribution is 2.07. The van der Waals surface area contributed by atoms with E-state index in [1.807, 2.05) is 22.6 Å². The van der Waals surface area contributed by atoms with Crippen LogP contribution in [0.5, 0.6) is 6.01 Å². The number of hydrogen-bond donors (Lipinski definition) is 0. The molecule has 1 aromatic heterocycles. The number of rotatable bonds is 3. The molecule has 4 nitrogen and oxygen atoms in total. The normalized spacial score (nSPS) is 10.5. The summed E-state index contributed by atoms with van der Waals surface area (Å²) in [4.78, 5) is 3.87.